The summed E-state index contributed by atoms with van der Waals surface area (Å²) in [7, 11) is 0. The van der Waals surface area contributed by atoms with Crippen LogP contribution in [0.3, 0.4) is 0 Å². The molecule has 80 valence electrons. The molecule has 1 amide bonds. The molecule has 0 unspecified atom stereocenters. The highest BCUT2D eigenvalue weighted by Crippen LogP contribution is 2.34. The van der Waals surface area contributed by atoms with E-state index < -0.39 is 12.1 Å². The smallest absolute Gasteiger partial charge is 0.407 e. The summed E-state index contributed by atoms with van der Waals surface area (Å²) in [5.74, 6) is -0.809. The van der Waals surface area contributed by atoms with Crippen LogP contribution in [0.25, 0.3) is 0 Å². The van der Waals surface area contributed by atoms with E-state index in [1.807, 2.05) is 6.92 Å². The number of hydrogen-bond donors (Lipinski definition) is 2. The topological polar surface area (TPSA) is 77.8 Å². The Bertz CT molecular complexity index is 243. The second-order valence-corrected chi connectivity index (χ2v) is 4.15. The van der Waals surface area contributed by atoms with Crippen LogP contribution >= 0.6 is 0 Å². The van der Waals surface area contributed by atoms with Crippen molar-refractivity contribution >= 4 is 12.1 Å². The Morgan fingerprint density at radius 1 is 1.29 bits per heavy atom. The second kappa shape index (κ2) is 3.86. The van der Waals surface area contributed by atoms with Crippen LogP contribution in [0.2, 0.25) is 0 Å². The molecule has 0 bridgehead atoms. The summed E-state index contributed by atoms with van der Waals surface area (Å²) in [6.07, 6.45) is 0.472. The van der Waals surface area contributed by atoms with Gasteiger partial charge in [-0.25, -0.2) is 4.79 Å². The van der Waals surface area contributed by atoms with Gasteiger partial charge in [-0.15, -0.1) is 0 Å². The van der Waals surface area contributed by atoms with E-state index in [1.165, 1.54) is 4.90 Å². The van der Waals surface area contributed by atoms with Gasteiger partial charge in [0.2, 0.25) is 0 Å². The van der Waals surface area contributed by atoms with Gasteiger partial charge in [-0.1, -0.05) is 6.92 Å². The van der Waals surface area contributed by atoms with Crippen molar-refractivity contribution in [3.63, 3.8) is 0 Å². The highest BCUT2D eigenvalue weighted by Gasteiger charge is 2.33. The van der Waals surface area contributed by atoms with Crippen molar-refractivity contribution in [3.05, 3.63) is 0 Å². The summed E-state index contributed by atoms with van der Waals surface area (Å²) >= 11 is 0. The van der Waals surface area contributed by atoms with Crippen LogP contribution in [-0.4, -0.2) is 40.3 Å². The monoisotopic (exact) mass is 201 g/mol. The van der Waals surface area contributed by atoms with E-state index in [9.17, 15) is 9.59 Å². The van der Waals surface area contributed by atoms with Gasteiger partial charge >= 0.3 is 12.1 Å². The molecule has 5 heteroatoms. The molecule has 0 aliphatic carbocycles. The quantitative estimate of drug-likeness (QED) is 0.704. The normalized spacial score (nSPS) is 20.5. The number of carboxylic acids is 1. The van der Waals surface area contributed by atoms with Crippen LogP contribution < -0.4 is 0 Å². The maximum Gasteiger partial charge on any atom is 0.407 e. The fourth-order valence-corrected chi connectivity index (χ4v) is 1.78. The highest BCUT2D eigenvalue weighted by molar-refractivity contribution is 5.68. The van der Waals surface area contributed by atoms with Gasteiger partial charge in [-0.05, 0) is 18.3 Å². The molecule has 0 spiro atoms. The lowest BCUT2D eigenvalue weighted by molar-refractivity contribution is -0.140. The molecule has 0 aromatic carbocycles. The molecule has 0 atom stereocenters. The predicted molar refractivity (Wildman–Crippen MR) is 49.2 cm³/mol. The molecule has 5 nitrogen and oxygen atoms in total. The standard InChI is InChI=1S/C9H15NO4/c1-9(6-7(11)12)2-4-10(5-3-9)8(13)14/h2-6H2,1H3,(H,11,12)(H,13,14). The van der Waals surface area contributed by atoms with Crippen LogP contribution in [0.5, 0.6) is 0 Å². The van der Waals surface area contributed by atoms with E-state index in [1.54, 1.807) is 0 Å². The number of likely N-dealkylation sites (tertiary alicyclic amines) is 1. The number of hydrogen-bond acceptors (Lipinski definition) is 2. The summed E-state index contributed by atoms with van der Waals surface area (Å²) in [6.45, 7) is 2.79. The van der Waals surface area contributed by atoms with E-state index in [4.69, 9.17) is 10.2 Å². The molecule has 14 heavy (non-hydrogen) atoms. The highest BCUT2D eigenvalue weighted by atomic mass is 16.4. The van der Waals surface area contributed by atoms with E-state index in [0.717, 1.165) is 0 Å². The van der Waals surface area contributed by atoms with Gasteiger partial charge in [-0.3, -0.25) is 4.79 Å². The average Bonchev–Trinajstić information content (AvgIpc) is 2.02. The average molecular weight is 201 g/mol. The maximum atomic E-state index is 10.6. The molecule has 0 radical (unpaired) electrons. The third-order valence-electron chi connectivity index (χ3n) is 2.82. The Kier molecular flexibility index (Phi) is 2.98. The van der Waals surface area contributed by atoms with Gasteiger partial charge in [0.15, 0.2) is 0 Å². The van der Waals surface area contributed by atoms with Crippen molar-refractivity contribution < 1.29 is 19.8 Å². The zero-order valence-corrected chi connectivity index (χ0v) is 8.19. The molecule has 1 rings (SSSR count). The summed E-state index contributed by atoms with van der Waals surface area (Å²) in [5, 5.41) is 17.4. The summed E-state index contributed by atoms with van der Waals surface area (Å²) < 4.78 is 0. The summed E-state index contributed by atoms with van der Waals surface area (Å²) in [4.78, 5) is 22.5. The lowest BCUT2D eigenvalue weighted by Gasteiger charge is -2.37. The number of amides is 1. The Labute approximate surface area is 82.3 Å². The van der Waals surface area contributed by atoms with Crippen LogP contribution in [-0.2, 0) is 4.79 Å². The van der Waals surface area contributed by atoms with Gasteiger partial charge < -0.3 is 15.1 Å². The molecule has 1 aliphatic rings. The molecular formula is C9H15NO4. The Morgan fingerprint density at radius 3 is 2.14 bits per heavy atom. The molecule has 2 N–H and O–H groups in total. The summed E-state index contributed by atoms with van der Waals surface area (Å²) in [5.41, 5.74) is -0.238. The number of piperidine rings is 1. The van der Waals surface area contributed by atoms with Crippen LogP contribution in [0.4, 0.5) is 4.79 Å². The minimum atomic E-state index is -0.914. The van der Waals surface area contributed by atoms with Gasteiger partial charge in [0.05, 0.1) is 6.42 Å². The molecule has 1 aliphatic heterocycles. The fourth-order valence-electron chi connectivity index (χ4n) is 1.78. The van der Waals surface area contributed by atoms with Crippen molar-refractivity contribution in [1.82, 2.24) is 4.90 Å². The maximum absolute atomic E-state index is 10.6. The van der Waals surface area contributed by atoms with Crippen LogP contribution in [0.1, 0.15) is 26.2 Å². The number of rotatable bonds is 2. The van der Waals surface area contributed by atoms with Crippen molar-refractivity contribution in [2.75, 3.05) is 13.1 Å². The fraction of sp³-hybridized carbons (Fsp3) is 0.778. The van der Waals surface area contributed by atoms with Crippen molar-refractivity contribution in [2.24, 2.45) is 5.41 Å². The Morgan fingerprint density at radius 2 is 1.79 bits per heavy atom. The Hall–Kier alpha value is -1.26. The van der Waals surface area contributed by atoms with E-state index in [2.05, 4.69) is 0 Å². The minimum absolute atomic E-state index is 0.125. The van der Waals surface area contributed by atoms with E-state index >= 15 is 0 Å². The van der Waals surface area contributed by atoms with Gasteiger partial charge in [0.25, 0.3) is 0 Å². The minimum Gasteiger partial charge on any atom is -0.481 e. The second-order valence-electron chi connectivity index (χ2n) is 4.15. The molecular weight excluding hydrogens is 186 g/mol. The van der Waals surface area contributed by atoms with E-state index in [0.29, 0.717) is 25.9 Å². The third kappa shape index (κ3) is 2.61. The first-order chi connectivity index (χ1) is 6.43. The van der Waals surface area contributed by atoms with Crippen LogP contribution in [0.15, 0.2) is 0 Å². The van der Waals surface area contributed by atoms with Gasteiger partial charge in [0, 0.05) is 13.1 Å². The molecule has 0 aromatic heterocycles. The van der Waals surface area contributed by atoms with Gasteiger partial charge in [0.1, 0.15) is 0 Å². The summed E-state index contributed by atoms with van der Waals surface area (Å²) in [6, 6.07) is 0. The molecule has 1 heterocycles. The zero-order valence-electron chi connectivity index (χ0n) is 8.19. The lowest BCUT2D eigenvalue weighted by atomic mass is 9.78. The number of carboxylic acid groups (broad SMARTS) is 2. The first kappa shape index (κ1) is 10.8. The lowest BCUT2D eigenvalue weighted by Crippen LogP contribution is -2.42. The molecule has 1 saturated heterocycles. The Balaban J connectivity index is 2.48. The van der Waals surface area contributed by atoms with Crippen molar-refractivity contribution in [3.8, 4) is 0 Å². The number of carbonyl (C=O) groups is 2. The third-order valence-corrected chi connectivity index (χ3v) is 2.82. The zero-order chi connectivity index (χ0) is 10.8. The van der Waals surface area contributed by atoms with E-state index in [-0.39, 0.29) is 11.8 Å². The first-order valence-electron chi connectivity index (χ1n) is 4.63. The number of aliphatic carboxylic acids is 1. The predicted octanol–water partition coefficient (Wildman–Crippen LogP) is 1.24. The molecule has 1 fully saturated rings. The largest absolute Gasteiger partial charge is 0.481 e. The first-order valence-corrected chi connectivity index (χ1v) is 4.63. The van der Waals surface area contributed by atoms with Crippen molar-refractivity contribution in [2.45, 2.75) is 26.2 Å². The molecule has 0 aromatic rings. The number of nitrogens with zero attached hydrogens (tertiary/aromatic N) is 1. The molecule has 0 saturated carbocycles. The van der Waals surface area contributed by atoms with Crippen LogP contribution in [0, 0.1) is 5.41 Å². The SMILES string of the molecule is CC1(CC(=O)O)CCN(C(=O)O)CC1. The van der Waals surface area contributed by atoms with Gasteiger partial charge in [-0.2, -0.15) is 0 Å². The van der Waals surface area contributed by atoms with Crippen molar-refractivity contribution in [1.29, 1.82) is 0 Å².